The molecule has 5 aromatic rings. The zero-order valence-electron chi connectivity index (χ0n) is 26.4. The van der Waals surface area contributed by atoms with Crippen LogP contribution in [0.4, 0.5) is 11.4 Å². The number of carbonyl (C=O) groups is 3. The molecule has 2 aromatic carbocycles. The van der Waals surface area contributed by atoms with Crippen LogP contribution in [0, 0.1) is 0 Å². The summed E-state index contributed by atoms with van der Waals surface area (Å²) in [5.41, 5.74) is 4.98. The average molecular weight is 632 g/mol. The number of ether oxygens (including phenoxy) is 1. The van der Waals surface area contributed by atoms with E-state index in [1.165, 1.54) is 0 Å². The maximum atomic E-state index is 13.1. The Morgan fingerprint density at radius 1 is 0.787 bits per heavy atom. The predicted molar refractivity (Wildman–Crippen MR) is 183 cm³/mol. The Bertz CT molecular complexity index is 1930. The number of benzene rings is 2. The standard InChI is InChI=1S/C36H37N7O4/c1-41-24-30(21-32(41)35(45)37-15-16-43-17-19-47-20-18-43)40-36(46)33-22-29(23-42(33)2)39-34(44)27-10-7-25(8-11-27)9-13-28-14-12-26-5-3-4-6-31(26)38-28/h3-14,21-24H,15-20H2,1-2H3,(H,37,45)(H,39,44)(H,40,46)/b13-9+. The highest BCUT2D eigenvalue weighted by Crippen LogP contribution is 2.19. The van der Waals surface area contributed by atoms with Gasteiger partial charge in [0.1, 0.15) is 11.4 Å². The van der Waals surface area contributed by atoms with Crippen molar-refractivity contribution in [3.05, 3.63) is 113 Å². The fourth-order valence-corrected chi connectivity index (χ4v) is 5.46. The van der Waals surface area contributed by atoms with Crippen LogP contribution in [-0.4, -0.2) is 76.1 Å². The first-order valence-corrected chi connectivity index (χ1v) is 15.5. The summed E-state index contributed by atoms with van der Waals surface area (Å²) >= 11 is 0. The minimum absolute atomic E-state index is 0.212. The van der Waals surface area contributed by atoms with Gasteiger partial charge in [-0.1, -0.05) is 42.5 Å². The van der Waals surface area contributed by atoms with Crippen LogP contribution in [0.1, 0.15) is 42.6 Å². The number of amides is 3. The van der Waals surface area contributed by atoms with Gasteiger partial charge in [0.15, 0.2) is 0 Å². The first-order chi connectivity index (χ1) is 22.8. The number of nitrogens with one attached hydrogen (secondary N) is 3. The summed E-state index contributed by atoms with van der Waals surface area (Å²) in [6, 6.07) is 22.5. The minimum atomic E-state index is -0.366. The molecule has 0 saturated carbocycles. The van der Waals surface area contributed by atoms with Crippen molar-refractivity contribution in [1.29, 1.82) is 0 Å². The second-order valence-corrected chi connectivity index (χ2v) is 11.5. The second-order valence-electron chi connectivity index (χ2n) is 11.5. The van der Waals surface area contributed by atoms with E-state index < -0.39 is 0 Å². The first-order valence-electron chi connectivity index (χ1n) is 15.5. The molecule has 6 rings (SSSR count). The number of rotatable bonds is 10. The van der Waals surface area contributed by atoms with Gasteiger partial charge in [0, 0.05) is 63.6 Å². The number of aryl methyl sites for hydroxylation is 2. The van der Waals surface area contributed by atoms with E-state index in [0.717, 1.165) is 41.8 Å². The molecule has 11 heteroatoms. The monoisotopic (exact) mass is 631 g/mol. The van der Waals surface area contributed by atoms with Gasteiger partial charge in [0.2, 0.25) is 0 Å². The summed E-state index contributed by atoms with van der Waals surface area (Å²) in [5, 5.41) is 9.76. The van der Waals surface area contributed by atoms with Gasteiger partial charge in [-0.05, 0) is 48.0 Å². The molecule has 0 aliphatic carbocycles. The molecule has 47 heavy (non-hydrogen) atoms. The first kappa shape index (κ1) is 31.5. The molecule has 0 atom stereocenters. The van der Waals surface area contributed by atoms with Crippen LogP contribution < -0.4 is 16.0 Å². The molecule has 0 spiro atoms. The number of morpholine rings is 1. The zero-order chi connectivity index (χ0) is 32.8. The van der Waals surface area contributed by atoms with Crippen molar-refractivity contribution in [3.63, 3.8) is 0 Å². The Morgan fingerprint density at radius 3 is 2.17 bits per heavy atom. The van der Waals surface area contributed by atoms with E-state index in [1.807, 2.05) is 60.7 Å². The maximum Gasteiger partial charge on any atom is 0.272 e. The normalized spacial score (nSPS) is 13.6. The Morgan fingerprint density at radius 2 is 1.45 bits per heavy atom. The number of hydrogen-bond acceptors (Lipinski definition) is 6. The number of fused-ring (bicyclic) bond motifs is 1. The van der Waals surface area contributed by atoms with Gasteiger partial charge in [-0.25, -0.2) is 4.98 Å². The third-order valence-corrected chi connectivity index (χ3v) is 8.05. The van der Waals surface area contributed by atoms with Crippen LogP contribution in [0.15, 0.2) is 85.2 Å². The molecular formula is C36H37N7O4. The van der Waals surface area contributed by atoms with Gasteiger partial charge < -0.3 is 29.8 Å². The van der Waals surface area contributed by atoms with Crippen molar-refractivity contribution in [1.82, 2.24) is 24.3 Å². The topological polar surface area (TPSA) is 123 Å². The minimum Gasteiger partial charge on any atom is -0.379 e. The van der Waals surface area contributed by atoms with Gasteiger partial charge in [-0.15, -0.1) is 0 Å². The van der Waals surface area contributed by atoms with Crippen LogP contribution in [0.2, 0.25) is 0 Å². The lowest BCUT2D eigenvalue weighted by molar-refractivity contribution is 0.0383. The van der Waals surface area contributed by atoms with E-state index in [1.54, 1.807) is 59.9 Å². The Kier molecular flexibility index (Phi) is 9.56. The highest BCUT2D eigenvalue weighted by atomic mass is 16.5. The fourth-order valence-electron chi connectivity index (χ4n) is 5.46. The summed E-state index contributed by atoms with van der Waals surface area (Å²) in [6.45, 7) is 4.41. The van der Waals surface area contributed by atoms with E-state index in [4.69, 9.17) is 4.74 Å². The van der Waals surface area contributed by atoms with Crippen LogP contribution in [0.5, 0.6) is 0 Å². The average Bonchev–Trinajstić information content (AvgIpc) is 3.64. The quantitative estimate of drug-likeness (QED) is 0.206. The van der Waals surface area contributed by atoms with Crippen LogP contribution >= 0.6 is 0 Å². The van der Waals surface area contributed by atoms with E-state index in [-0.39, 0.29) is 17.7 Å². The van der Waals surface area contributed by atoms with Gasteiger partial charge in [-0.2, -0.15) is 0 Å². The molecular weight excluding hydrogens is 594 g/mol. The van der Waals surface area contributed by atoms with Crippen molar-refractivity contribution < 1.29 is 19.1 Å². The smallest absolute Gasteiger partial charge is 0.272 e. The van der Waals surface area contributed by atoms with E-state index >= 15 is 0 Å². The third-order valence-electron chi connectivity index (χ3n) is 8.05. The summed E-state index contributed by atoms with van der Waals surface area (Å²) in [4.78, 5) is 45.8. The number of para-hydroxylation sites is 1. The Hall–Kier alpha value is -5.52. The van der Waals surface area contributed by atoms with Gasteiger partial charge in [0.25, 0.3) is 17.7 Å². The Labute approximate surface area is 272 Å². The maximum absolute atomic E-state index is 13.1. The summed E-state index contributed by atoms with van der Waals surface area (Å²) in [7, 11) is 3.49. The number of anilines is 2. The summed E-state index contributed by atoms with van der Waals surface area (Å²) < 4.78 is 8.68. The summed E-state index contributed by atoms with van der Waals surface area (Å²) in [6.07, 6.45) is 7.27. The SMILES string of the molecule is Cn1cc(NC(=O)c2cc(NC(=O)c3ccc(/C=C/c4ccc5ccccc5n4)cc3)cn2C)cc1C(=O)NCCN1CCOCC1. The molecule has 11 nitrogen and oxygen atoms in total. The van der Waals surface area contributed by atoms with Crippen molar-refractivity contribution in [3.8, 4) is 0 Å². The molecule has 1 fully saturated rings. The van der Waals surface area contributed by atoms with E-state index in [9.17, 15) is 14.4 Å². The fraction of sp³-hybridized carbons (Fsp3) is 0.222. The lowest BCUT2D eigenvalue weighted by atomic mass is 10.1. The largest absolute Gasteiger partial charge is 0.379 e. The van der Waals surface area contributed by atoms with Crippen molar-refractivity contribution in [2.24, 2.45) is 14.1 Å². The summed E-state index contributed by atoms with van der Waals surface area (Å²) in [5.74, 6) is -0.868. The van der Waals surface area contributed by atoms with Gasteiger partial charge in [0.05, 0.1) is 35.8 Å². The molecule has 1 aliphatic rings. The van der Waals surface area contributed by atoms with Gasteiger partial charge in [-0.3, -0.25) is 19.3 Å². The van der Waals surface area contributed by atoms with Crippen LogP contribution in [0.25, 0.3) is 23.1 Å². The molecule has 3 N–H and O–H groups in total. The molecule has 0 bridgehead atoms. The highest BCUT2D eigenvalue weighted by molar-refractivity contribution is 6.07. The predicted octanol–water partition coefficient (Wildman–Crippen LogP) is 4.65. The van der Waals surface area contributed by atoms with Crippen molar-refractivity contribution >= 4 is 52.2 Å². The number of aromatic nitrogens is 3. The molecule has 0 radical (unpaired) electrons. The zero-order valence-corrected chi connectivity index (χ0v) is 26.4. The molecule has 240 valence electrons. The lowest BCUT2D eigenvalue weighted by Gasteiger charge is -2.26. The van der Waals surface area contributed by atoms with Crippen LogP contribution in [0.3, 0.4) is 0 Å². The highest BCUT2D eigenvalue weighted by Gasteiger charge is 2.18. The van der Waals surface area contributed by atoms with E-state index in [2.05, 4.69) is 25.8 Å². The molecule has 0 unspecified atom stereocenters. The van der Waals surface area contributed by atoms with Crippen molar-refractivity contribution in [2.75, 3.05) is 50.0 Å². The van der Waals surface area contributed by atoms with Crippen LogP contribution in [-0.2, 0) is 18.8 Å². The number of hydrogen-bond donors (Lipinski definition) is 3. The van der Waals surface area contributed by atoms with Crippen molar-refractivity contribution in [2.45, 2.75) is 0 Å². The second kappa shape index (κ2) is 14.3. The molecule has 1 saturated heterocycles. The molecule has 4 heterocycles. The molecule has 1 aliphatic heterocycles. The number of nitrogens with zero attached hydrogens (tertiary/aromatic N) is 4. The third kappa shape index (κ3) is 7.83. The lowest BCUT2D eigenvalue weighted by Crippen LogP contribution is -2.41. The van der Waals surface area contributed by atoms with Gasteiger partial charge >= 0.3 is 0 Å². The van der Waals surface area contributed by atoms with E-state index in [0.29, 0.717) is 48.1 Å². The Balaban J connectivity index is 1.02. The molecule has 3 aromatic heterocycles. The number of carbonyl (C=O) groups excluding carboxylic acids is 3. The molecule has 3 amide bonds. The number of pyridine rings is 1.